The van der Waals surface area contributed by atoms with Gasteiger partial charge in [-0.3, -0.25) is 0 Å². The molecular weight excluding hydrogens is 569 g/mol. The number of hydrogen-bond acceptors (Lipinski definition) is 2. The Morgan fingerprint density at radius 2 is 0.723 bits per heavy atom. The monoisotopic (exact) mass is 651 g/mol. The highest BCUT2D eigenvalue weighted by molar-refractivity contribution is 5.51. The molecule has 2 heteroatoms. The number of rotatable bonds is 35. The van der Waals surface area contributed by atoms with Crippen molar-refractivity contribution in [3.63, 3.8) is 0 Å². The van der Waals surface area contributed by atoms with Gasteiger partial charge in [0.15, 0.2) is 0 Å². The first-order valence-electron chi connectivity index (χ1n) is 21.6. The van der Waals surface area contributed by atoms with Gasteiger partial charge in [0.05, 0.1) is 0 Å². The lowest BCUT2D eigenvalue weighted by Gasteiger charge is -2.33. The van der Waals surface area contributed by atoms with E-state index >= 15 is 0 Å². The molecule has 1 aliphatic rings. The van der Waals surface area contributed by atoms with Crippen molar-refractivity contribution < 1.29 is 0 Å². The van der Waals surface area contributed by atoms with Crippen LogP contribution < -0.4 is 4.90 Å². The molecule has 2 nitrogen and oxygen atoms in total. The highest BCUT2D eigenvalue weighted by Gasteiger charge is 2.26. The van der Waals surface area contributed by atoms with E-state index in [4.69, 9.17) is 0 Å². The summed E-state index contributed by atoms with van der Waals surface area (Å²) in [5.74, 6) is 0. The van der Waals surface area contributed by atoms with E-state index in [2.05, 4.69) is 66.4 Å². The molecule has 2 rings (SSSR count). The molecule has 0 N–H and O–H groups in total. The van der Waals surface area contributed by atoms with Crippen LogP contribution >= 0.6 is 0 Å². The molecule has 0 spiro atoms. The zero-order valence-electron chi connectivity index (χ0n) is 32.1. The summed E-state index contributed by atoms with van der Waals surface area (Å²) < 4.78 is 0. The molecule has 0 amide bonds. The quantitative estimate of drug-likeness (QED) is 0.0675. The Morgan fingerprint density at radius 1 is 0.383 bits per heavy atom. The summed E-state index contributed by atoms with van der Waals surface area (Å²) in [6.45, 7) is 5.83. The topological polar surface area (TPSA) is 6.48 Å². The van der Waals surface area contributed by atoms with E-state index in [0.29, 0.717) is 6.17 Å². The third kappa shape index (κ3) is 22.8. The largest absolute Gasteiger partial charge is 0.356 e. The predicted molar refractivity (Wildman–Crippen MR) is 212 cm³/mol. The number of anilines is 1. The summed E-state index contributed by atoms with van der Waals surface area (Å²) in [6.07, 6.45) is 52.6. The van der Waals surface area contributed by atoms with Crippen molar-refractivity contribution in [2.24, 2.45) is 0 Å². The number of benzene rings is 1. The fraction of sp³-hybridized carbons (Fsp3) is 0.822. The number of nitrogens with zero attached hydrogens (tertiary/aromatic N) is 2. The lowest BCUT2D eigenvalue weighted by molar-refractivity contribution is 0.273. The van der Waals surface area contributed by atoms with Crippen molar-refractivity contribution in [3.05, 3.63) is 42.7 Å². The molecule has 1 unspecified atom stereocenters. The Balaban J connectivity index is 1.48. The van der Waals surface area contributed by atoms with Crippen molar-refractivity contribution in [2.75, 3.05) is 11.4 Å². The third-order valence-corrected chi connectivity index (χ3v) is 10.8. The molecule has 0 aromatic heterocycles. The summed E-state index contributed by atoms with van der Waals surface area (Å²) in [5.41, 5.74) is 1.35. The highest BCUT2D eigenvalue weighted by atomic mass is 15.4. The lowest BCUT2D eigenvalue weighted by Crippen LogP contribution is -2.39. The maximum atomic E-state index is 2.65. The Kier molecular flexibility index (Phi) is 28.2. The molecule has 0 bridgehead atoms. The van der Waals surface area contributed by atoms with Crippen LogP contribution in [0, 0.1) is 0 Å². The van der Waals surface area contributed by atoms with E-state index in [1.54, 1.807) is 0 Å². The lowest BCUT2D eigenvalue weighted by atomic mass is 10.0. The van der Waals surface area contributed by atoms with Crippen LogP contribution in [0.5, 0.6) is 0 Å². The first kappa shape index (κ1) is 41.7. The van der Waals surface area contributed by atoms with Gasteiger partial charge in [0.2, 0.25) is 0 Å². The van der Waals surface area contributed by atoms with Gasteiger partial charge in [0.1, 0.15) is 6.17 Å². The van der Waals surface area contributed by atoms with E-state index in [1.807, 2.05) is 0 Å². The number of unbranched alkanes of at least 4 members (excludes halogenated alkanes) is 30. The minimum atomic E-state index is 0.500. The van der Waals surface area contributed by atoms with Gasteiger partial charge in [-0.1, -0.05) is 225 Å². The summed E-state index contributed by atoms with van der Waals surface area (Å²) in [5, 5.41) is 0. The molecule has 0 fully saturated rings. The van der Waals surface area contributed by atoms with E-state index < -0.39 is 0 Å². The molecular formula is C45H82N2. The van der Waals surface area contributed by atoms with Crippen LogP contribution in [0.25, 0.3) is 0 Å². The smallest absolute Gasteiger partial charge is 0.105 e. The van der Waals surface area contributed by atoms with E-state index in [-0.39, 0.29) is 0 Å². The average molecular weight is 651 g/mol. The van der Waals surface area contributed by atoms with Gasteiger partial charge in [-0.15, -0.1) is 0 Å². The zero-order chi connectivity index (χ0) is 33.3. The first-order valence-corrected chi connectivity index (χ1v) is 21.6. The molecule has 1 aromatic carbocycles. The second-order valence-electron chi connectivity index (χ2n) is 15.2. The van der Waals surface area contributed by atoms with Gasteiger partial charge in [-0.05, 0) is 31.4 Å². The summed E-state index contributed by atoms with van der Waals surface area (Å²) in [6, 6.07) is 11.1. The summed E-state index contributed by atoms with van der Waals surface area (Å²) in [4.78, 5) is 5.19. The highest BCUT2D eigenvalue weighted by Crippen LogP contribution is 2.28. The third-order valence-electron chi connectivity index (χ3n) is 10.8. The molecule has 0 aliphatic carbocycles. The summed E-state index contributed by atoms with van der Waals surface area (Å²) >= 11 is 0. The van der Waals surface area contributed by atoms with Gasteiger partial charge in [0, 0.05) is 24.6 Å². The number of para-hydroxylation sites is 1. The van der Waals surface area contributed by atoms with Crippen molar-refractivity contribution in [2.45, 2.75) is 232 Å². The average Bonchev–Trinajstić information content (AvgIpc) is 3.50. The molecule has 0 saturated carbocycles. The molecule has 1 aliphatic heterocycles. The standard InChI is InChI=1S/C45H82N2/c1-3-5-7-9-11-13-15-17-19-21-23-25-27-29-31-36-40-45-46(42-43-47(45)44-38-34-33-35-39-44)41-37-32-30-28-26-24-22-20-18-16-14-12-10-8-6-4-2/h33-35,38-39,42-43,45H,3-32,36-37,40-41H2,1-2H3. The van der Waals surface area contributed by atoms with Crippen molar-refractivity contribution >= 4 is 5.69 Å². The van der Waals surface area contributed by atoms with Crippen LogP contribution in [0.4, 0.5) is 5.69 Å². The maximum Gasteiger partial charge on any atom is 0.105 e. The van der Waals surface area contributed by atoms with Crippen LogP contribution in [0.1, 0.15) is 226 Å². The Labute approximate surface area is 295 Å². The van der Waals surface area contributed by atoms with Crippen LogP contribution in [0.15, 0.2) is 42.7 Å². The molecule has 0 radical (unpaired) electrons. The van der Waals surface area contributed by atoms with Gasteiger partial charge in [0.25, 0.3) is 0 Å². The SMILES string of the molecule is CCCCCCCCCCCCCCCCCCC1N(CCCCCCCCCCCCCCCCCC)C=CN1c1ccccc1. The zero-order valence-corrected chi connectivity index (χ0v) is 32.1. The Hall–Kier alpha value is -1.44. The Bertz CT molecular complexity index is 788. The van der Waals surface area contributed by atoms with Crippen LogP contribution in [0.2, 0.25) is 0 Å². The van der Waals surface area contributed by atoms with Crippen molar-refractivity contribution in [1.29, 1.82) is 0 Å². The first-order chi connectivity index (χ1) is 23.4. The second kappa shape index (κ2) is 31.8. The molecule has 0 saturated heterocycles. The fourth-order valence-corrected chi connectivity index (χ4v) is 7.62. The second-order valence-corrected chi connectivity index (χ2v) is 15.2. The van der Waals surface area contributed by atoms with E-state index in [9.17, 15) is 0 Å². The minimum absolute atomic E-state index is 0.500. The number of hydrogen-bond donors (Lipinski definition) is 0. The van der Waals surface area contributed by atoms with Crippen LogP contribution in [0.3, 0.4) is 0 Å². The van der Waals surface area contributed by atoms with Crippen molar-refractivity contribution in [3.8, 4) is 0 Å². The normalized spacial score (nSPS) is 14.6. The predicted octanol–water partition coefficient (Wildman–Crippen LogP) is 15.5. The van der Waals surface area contributed by atoms with E-state index in [1.165, 1.54) is 224 Å². The van der Waals surface area contributed by atoms with Gasteiger partial charge in [-0.2, -0.15) is 0 Å². The molecule has 47 heavy (non-hydrogen) atoms. The molecule has 1 aromatic rings. The van der Waals surface area contributed by atoms with Crippen LogP contribution in [-0.2, 0) is 0 Å². The minimum Gasteiger partial charge on any atom is -0.356 e. The van der Waals surface area contributed by atoms with Gasteiger partial charge in [-0.25, -0.2) is 0 Å². The van der Waals surface area contributed by atoms with Crippen LogP contribution in [-0.4, -0.2) is 17.6 Å². The molecule has 272 valence electrons. The summed E-state index contributed by atoms with van der Waals surface area (Å²) in [7, 11) is 0. The molecule has 1 heterocycles. The molecule has 1 atom stereocenters. The van der Waals surface area contributed by atoms with Gasteiger partial charge < -0.3 is 9.80 Å². The van der Waals surface area contributed by atoms with E-state index in [0.717, 1.165) is 0 Å². The van der Waals surface area contributed by atoms with Gasteiger partial charge >= 0.3 is 0 Å². The maximum absolute atomic E-state index is 2.65. The fourth-order valence-electron chi connectivity index (χ4n) is 7.62. The Morgan fingerprint density at radius 3 is 1.11 bits per heavy atom. The van der Waals surface area contributed by atoms with Crippen molar-refractivity contribution in [1.82, 2.24) is 4.90 Å².